The van der Waals surface area contributed by atoms with E-state index in [0.717, 1.165) is 143 Å². The lowest BCUT2D eigenvalue weighted by Crippen LogP contribution is -2.33. The molecule has 0 aromatic heterocycles. The number of rotatable bonds is 40. The van der Waals surface area contributed by atoms with Crippen LogP contribution < -0.4 is 20.1 Å². The van der Waals surface area contributed by atoms with Crippen molar-refractivity contribution in [3.05, 3.63) is 215 Å². The molecular weight excluding hydrogens is 1290 g/mol. The number of nitrogens with zero attached hydrogens (tertiary/aromatic N) is 4. The molecule has 2 N–H and O–H groups in total. The van der Waals surface area contributed by atoms with Crippen LogP contribution in [0.5, 0.6) is 11.5 Å². The van der Waals surface area contributed by atoms with Gasteiger partial charge in [-0.1, -0.05) is 257 Å². The van der Waals surface area contributed by atoms with Crippen molar-refractivity contribution < 1.29 is 28.5 Å². The van der Waals surface area contributed by atoms with Gasteiger partial charge in [0.25, 0.3) is 0 Å². The van der Waals surface area contributed by atoms with Crippen LogP contribution in [-0.2, 0) is 44.0 Å². The number of carbonyl (C=O) groups is 2. The minimum Gasteiger partial charge on any atom is -0.494 e. The van der Waals surface area contributed by atoms with Crippen molar-refractivity contribution in [3.63, 3.8) is 0 Å². The fraction of sp³-hybridized carbons (Fsp3) is 0.457. The molecule has 0 aliphatic rings. The molecule has 12 nitrogen and oxygen atoms in total. The summed E-state index contributed by atoms with van der Waals surface area (Å²) in [5, 5.41) is 30.5. The van der Waals surface area contributed by atoms with E-state index in [4.69, 9.17) is 29.2 Å². The highest BCUT2D eigenvalue weighted by Crippen LogP contribution is 2.44. The molecule has 556 valence electrons. The van der Waals surface area contributed by atoms with Crippen molar-refractivity contribution in [2.45, 2.75) is 231 Å². The van der Waals surface area contributed by atoms with Gasteiger partial charge in [-0.25, -0.2) is 9.59 Å². The number of ether oxygens (including phenoxy) is 4. The molecule has 0 unspecified atom stereocenters. The zero-order valence-electron chi connectivity index (χ0n) is 65.6. The number of carbonyl (C=O) groups excluding carboxylic acids is 2. The van der Waals surface area contributed by atoms with Gasteiger partial charge in [-0.2, -0.15) is 10.2 Å². The highest BCUT2D eigenvalue weighted by Gasteiger charge is 2.35. The number of esters is 2. The third kappa shape index (κ3) is 26.4. The average molecular weight is 1410 g/mol. The molecule has 0 saturated heterocycles. The molecule has 0 saturated carbocycles. The first-order chi connectivity index (χ1) is 49.7. The maximum absolute atomic E-state index is 11.4. The smallest absolute Gasteiger partial charge is 0.333 e. The van der Waals surface area contributed by atoms with E-state index in [1.807, 2.05) is 6.07 Å². The molecule has 0 aliphatic heterocycles. The molecule has 8 rings (SSSR count). The molecule has 0 amide bonds. The molecular formula is C92H122N6O6. The largest absolute Gasteiger partial charge is 0.494 e. The third-order valence-electron chi connectivity index (χ3n) is 21.0. The summed E-state index contributed by atoms with van der Waals surface area (Å²) >= 11 is 0. The molecule has 8 aromatic carbocycles. The van der Waals surface area contributed by atoms with Crippen molar-refractivity contribution in [2.24, 2.45) is 36.7 Å². The van der Waals surface area contributed by atoms with E-state index in [2.05, 4.69) is 269 Å². The second kappa shape index (κ2) is 41.0. The Kier molecular flexibility index (Phi) is 32.5. The first-order valence-corrected chi connectivity index (χ1v) is 38.3. The van der Waals surface area contributed by atoms with Gasteiger partial charge in [0.2, 0.25) is 0 Å². The number of azo groups is 2. The Hall–Kier alpha value is -8.90. The highest BCUT2D eigenvalue weighted by atomic mass is 16.5. The van der Waals surface area contributed by atoms with Crippen LogP contribution in [0.2, 0.25) is 0 Å². The van der Waals surface area contributed by atoms with Gasteiger partial charge in [0.1, 0.15) is 11.5 Å². The minimum absolute atomic E-state index is 0.0392. The summed E-state index contributed by atoms with van der Waals surface area (Å²) in [6, 6.07) is 54.9. The van der Waals surface area contributed by atoms with Gasteiger partial charge in [0.15, 0.2) is 0 Å². The maximum atomic E-state index is 11.4. The number of fused-ring (bicyclic) bond motifs is 2. The lowest BCUT2D eigenvalue weighted by molar-refractivity contribution is -0.139. The summed E-state index contributed by atoms with van der Waals surface area (Å²) in [4.78, 5) is 22.8. The van der Waals surface area contributed by atoms with Gasteiger partial charge in [0, 0.05) is 57.2 Å². The monoisotopic (exact) mass is 1410 g/mol. The molecule has 0 aliphatic carbocycles. The zero-order valence-corrected chi connectivity index (χ0v) is 65.6. The Morgan fingerprint density at radius 2 is 0.731 bits per heavy atom. The van der Waals surface area contributed by atoms with E-state index in [1.54, 1.807) is 13.8 Å². The molecule has 0 radical (unpaired) electrons. The Labute approximate surface area is 624 Å². The van der Waals surface area contributed by atoms with Gasteiger partial charge >= 0.3 is 11.9 Å². The van der Waals surface area contributed by atoms with Crippen molar-refractivity contribution in [2.75, 3.05) is 37.1 Å². The van der Waals surface area contributed by atoms with Gasteiger partial charge in [0.05, 0.1) is 49.2 Å². The van der Waals surface area contributed by atoms with E-state index in [1.165, 1.54) is 86.5 Å². The van der Waals surface area contributed by atoms with Crippen molar-refractivity contribution in [1.82, 2.24) is 0 Å². The Balaban J connectivity index is 0.000000291. The fourth-order valence-electron chi connectivity index (χ4n) is 12.0. The molecule has 0 atom stereocenters. The topological polar surface area (TPSA) is 145 Å². The quantitative estimate of drug-likeness (QED) is 0.0167. The second-order valence-corrected chi connectivity index (χ2v) is 31.6. The number of hydrogen-bond acceptors (Lipinski definition) is 12. The zero-order chi connectivity index (χ0) is 75.1. The molecule has 0 fully saturated rings. The second-order valence-electron chi connectivity index (χ2n) is 31.6. The normalized spacial score (nSPS) is 12.0. The van der Waals surface area contributed by atoms with Crippen LogP contribution in [0.1, 0.15) is 226 Å². The molecule has 8 aromatic rings. The average Bonchev–Trinajstić information content (AvgIpc) is 0.808. The van der Waals surface area contributed by atoms with Gasteiger partial charge < -0.3 is 29.6 Å². The molecule has 104 heavy (non-hydrogen) atoms. The molecule has 0 heterocycles. The van der Waals surface area contributed by atoms with Crippen LogP contribution >= 0.6 is 0 Å². The molecule has 0 bridgehead atoms. The van der Waals surface area contributed by atoms with Crippen LogP contribution in [0.4, 0.5) is 34.1 Å². The van der Waals surface area contributed by atoms with Gasteiger partial charge in [-0.05, 0) is 182 Å². The predicted molar refractivity (Wildman–Crippen MR) is 437 cm³/mol. The van der Waals surface area contributed by atoms with E-state index in [9.17, 15) is 9.59 Å². The van der Waals surface area contributed by atoms with E-state index in [-0.39, 0.29) is 33.6 Å². The van der Waals surface area contributed by atoms with Gasteiger partial charge in [-0.15, -0.1) is 10.2 Å². The highest BCUT2D eigenvalue weighted by molar-refractivity contribution is 6.02. The number of hydrogen-bond donors (Lipinski definition) is 2. The lowest BCUT2D eigenvalue weighted by Gasteiger charge is -2.39. The summed E-state index contributed by atoms with van der Waals surface area (Å²) < 4.78 is 22.3. The third-order valence-corrected chi connectivity index (χ3v) is 21.0. The van der Waals surface area contributed by atoms with Gasteiger partial charge in [-0.3, -0.25) is 0 Å². The van der Waals surface area contributed by atoms with Crippen LogP contribution in [0.15, 0.2) is 202 Å². The van der Waals surface area contributed by atoms with E-state index >= 15 is 0 Å². The summed E-state index contributed by atoms with van der Waals surface area (Å²) in [7, 11) is 0. The maximum Gasteiger partial charge on any atom is 0.333 e. The number of aryl methyl sites for hydroxylation is 3. The first kappa shape index (κ1) is 82.4. The number of anilines is 2. The Bertz CT molecular complexity index is 4100. The molecule has 12 heteroatoms. The van der Waals surface area contributed by atoms with Crippen molar-refractivity contribution in [3.8, 4) is 11.5 Å². The van der Waals surface area contributed by atoms with Crippen molar-refractivity contribution >= 4 is 67.6 Å². The number of benzene rings is 8. The summed E-state index contributed by atoms with van der Waals surface area (Å²) in [5.74, 6) is 1.25. The number of nitrogens with one attached hydrogen (secondary N) is 2. The SMILES string of the molecule is C=C(C)C(=O)OCCCCCCCCCCOc1ccc(CNc2ccc(N=Nc3ccc(C(C)(C)C(C)(C)C)cc3C)c3ccccc23)cc1.C=C(C)C(=O)OCCCCCCCCCCOc1ccc(CNc2ccc(N=Nc3ccc(CCC(C)(C)C(C)(C)C)cc3C)c3ccccc23)cc1. The molecule has 0 spiro atoms. The fourth-order valence-corrected chi connectivity index (χ4v) is 12.0. The summed E-state index contributed by atoms with van der Waals surface area (Å²) in [5.41, 5.74) is 14.6. The Morgan fingerprint density at radius 3 is 1.11 bits per heavy atom. The lowest BCUT2D eigenvalue weighted by atomic mass is 9.65. The minimum atomic E-state index is -0.287. The van der Waals surface area contributed by atoms with Crippen LogP contribution in [0.3, 0.4) is 0 Å². The predicted octanol–water partition coefficient (Wildman–Crippen LogP) is 26.9. The van der Waals surface area contributed by atoms with Crippen molar-refractivity contribution in [1.29, 1.82) is 0 Å². The van der Waals surface area contributed by atoms with Crippen LogP contribution in [0.25, 0.3) is 21.5 Å². The van der Waals surface area contributed by atoms with Crippen LogP contribution in [-0.4, -0.2) is 38.4 Å². The van der Waals surface area contributed by atoms with E-state index < -0.39 is 0 Å². The Morgan fingerprint density at radius 1 is 0.385 bits per heavy atom. The number of unbranched alkanes of at least 4 members (excludes halogenated alkanes) is 14. The first-order valence-electron chi connectivity index (χ1n) is 38.3. The summed E-state index contributed by atoms with van der Waals surface area (Å²) in [6.45, 7) is 41.9. The van der Waals surface area contributed by atoms with E-state index in [0.29, 0.717) is 37.4 Å². The summed E-state index contributed by atoms with van der Waals surface area (Å²) in [6.07, 6.45) is 20.5. The standard InChI is InChI=1S/C47H63N3O3.C45H59N3O3/c1-35(2)45(51)53-32-18-14-12-10-9-11-13-17-31-52-39-24-21-38(22-25-39)34-48-43-27-28-44(41-20-16-15-19-40(41)43)50-49-42-26-23-37(33-36(42)3)29-30-47(7,8)46(4,5)6;1-33(2)43(49)51-30-18-14-12-10-9-11-13-17-29-50-37-24-21-35(22-25-37)32-46-41-27-28-42(39-20-16-15-19-38(39)41)48-47-40-26-23-36(31-34(40)3)45(7,8)44(4,5)6/h15-16,19-28,33,48H,1,9-14,17-18,29-32,34H2,2-8H3;15-16,19-28,31,46H,1,9-14,17-18,29-30,32H2,2-8H3. The van der Waals surface area contributed by atoms with Crippen LogP contribution in [0, 0.1) is 30.1 Å².